The smallest absolute Gasteiger partial charge is 0.243 e. The van der Waals surface area contributed by atoms with Crippen molar-refractivity contribution >= 4 is 20.9 Å². The van der Waals surface area contributed by atoms with Crippen molar-refractivity contribution in [1.29, 1.82) is 0 Å². The molecule has 6 nitrogen and oxygen atoms in total. The molecular formula is C22H23F2N3O3S. The molecule has 2 aromatic carbocycles. The van der Waals surface area contributed by atoms with E-state index in [-0.39, 0.29) is 30.0 Å². The molecule has 0 spiro atoms. The van der Waals surface area contributed by atoms with Crippen molar-refractivity contribution in [2.75, 3.05) is 26.2 Å². The molecule has 0 radical (unpaired) electrons. The zero-order valence-corrected chi connectivity index (χ0v) is 17.8. The van der Waals surface area contributed by atoms with Gasteiger partial charge in [0.05, 0.1) is 16.1 Å². The lowest BCUT2D eigenvalue weighted by Crippen LogP contribution is -2.29. The monoisotopic (exact) mass is 447 g/mol. The van der Waals surface area contributed by atoms with E-state index in [1.807, 2.05) is 19.1 Å². The number of halogens is 2. The van der Waals surface area contributed by atoms with Crippen molar-refractivity contribution in [1.82, 2.24) is 9.29 Å². The quantitative estimate of drug-likeness (QED) is 0.626. The molecule has 0 unspecified atom stereocenters. The first-order valence-corrected chi connectivity index (χ1v) is 11.4. The maximum absolute atomic E-state index is 15.0. The second-order valence-electron chi connectivity index (χ2n) is 7.53. The molecule has 3 aromatic rings. The van der Waals surface area contributed by atoms with E-state index in [4.69, 9.17) is 10.5 Å². The number of nitrogens with zero attached hydrogens (tertiary/aromatic N) is 2. The topological polar surface area (TPSA) is 85.5 Å². The molecule has 2 N–H and O–H groups in total. The number of pyridine rings is 1. The number of fused-ring (bicyclic) bond motifs is 1. The Hall–Kier alpha value is -2.62. The fourth-order valence-corrected chi connectivity index (χ4v) is 5.20. The Morgan fingerprint density at radius 1 is 1.23 bits per heavy atom. The molecule has 9 heteroatoms. The minimum Gasteiger partial charge on any atom is -0.492 e. The molecule has 0 bridgehead atoms. The number of aromatic nitrogens is 1. The number of alkyl halides is 1. The Morgan fingerprint density at radius 2 is 2.03 bits per heavy atom. The highest BCUT2D eigenvalue weighted by Gasteiger charge is 2.33. The molecule has 1 atom stereocenters. The Kier molecular flexibility index (Phi) is 5.92. The van der Waals surface area contributed by atoms with Gasteiger partial charge in [0.25, 0.3) is 0 Å². The van der Waals surface area contributed by atoms with E-state index in [0.29, 0.717) is 30.1 Å². The van der Waals surface area contributed by atoms with Gasteiger partial charge in [-0.1, -0.05) is 0 Å². The van der Waals surface area contributed by atoms with Crippen LogP contribution in [0.25, 0.3) is 22.2 Å². The summed E-state index contributed by atoms with van der Waals surface area (Å²) in [5, 5.41) is 0.901. The van der Waals surface area contributed by atoms with Crippen molar-refractivity contribution in [3.05, 3.63) is 53.8 Å². The first kappa shape index (κ1) is 21.6. The van der Waals surface area contributed by atoms with Gasteiger partial charge in [0.1, 0.15) is 24.3 Å². The number of nitrogens with two attached hydrogens (primary N) is 1. The molecule has 2 heterocycles. The summed E-state index contributed by atoms with van der Waals surface area (Å²) in [6.07, 6.45) is -1.04. The van der Waals surface area contributed by atoms with E-state index in [1.54, 1.807) is 12.1 Å². The van der Waals surface area contributed by atoms with Crippen molar-refractivity contribution in [3.63, 3.8) is 0 Å². The van der Waals surface area contributed by atoms with Crippen LogP contribution in [0.5, 0.6) is 5.75 Å². The van der Waals surface area contributed by atoms with Crippen LogP contribution in [0.1, 0.15) is 12.0 Å². The summed E-state index contributed by atoms with van der Waals surface area (Å²) in [4.78, 5) is 4.36. The summed E-state index contributed by atoms with van der Waals surface area (Å²) in [6.45, 7) is 2.54. The third-order valence-electron chi connectivity index (χ3n) is 5.32. The lowest BCUT2D eigenvalue weighted by molar-refractivity contribution is 0.328. The standard InChI is InChI=1S/C22H23F2N3O3S/c1-14-10-21(26-22-11-16(30-9-7-25)2-4-18(14)22)19-5-3-17(12-20(19)24)31(28,29)27-8-6-15(23)13-27/h2-5,10-12,15H,6-9,13,25H2,1H3/t15-/m0/s1. The maximum Gasteiger partial charge on any atom is 0.243 e. The summed E-state index contributed by atoms with van der Waals surface area (Å²) in [7, 11) is -3.94. The lowest BCUT2D eigenvalue weighted by atomic mass is 10.0. The Labute approximate surface area is 179 Å². The van der Waals surface area contributed by atoms with E-state index in [9.17, 15) is 17.2 Å². The van der Waals surface area contributed by atoms with E-state index in [2.05, 4.69) is 4.98 Å². The van der Waals surface area contributed by atoms with Crippen molar-refractivity contribution < 1.29 is 21.9 Å². The van der Waals surface area contributed by atoms with Crippen LogP contribution in [0, 0.1) is 12.7 Å². The maximum atomic E-state index is 15.0. The summed E-state index contributed by atoms with van der Waals surface area (Å²) in [6, 6.07) is 10.9. The number of aryl methyl sites for hydroxylation is 1. The van der Waals surface area contributed by atoms with Crippen LogP contribution >= 0.6 is 0 Å². The minimum atomic E-state index is -3.94. The fourth-order valence-electron chi connectivity index (χ4n) is 3.71. The Balaban J connectivity index is 1.70. The molecule has 1 fully saturated rings. The number of hydrogen-bond donors (Lipinski definition) is 1. The molecule has 1 aliphatic rings. The van der Waals surface area contributed by atoms with Gasteiger partial charge in [-0.05, 0) is 55.3 Å². The molecular weight excluding hydrogens is 424 g/mol. The minimum absolute atomic E-state index is 0.0901. The van der Waals surface area contributed by atoms with Crippen LogP contribution in [0.15, 0.2) is 47.4 Å². The lowest BCUT2D eigenvalue weighted by Gasteiger charge is -2.16. The predicted molar refractivity (Wildman–Crippen MR) is 115 cm³/mol. The summed E-state index contributed by atoms with van der Waals surface area (Å²) in [5.74, 6) is -0.0976. The highest BCUT2D eigenvalue weighted by Crippen LogP contribution is 2.31. The van der Waals surface area contributed by atoms with Gasteiger partial charge in [0, 0.05) is 36.7 Å². The van der Waals surface area contributed by atoms with Crippen LogP contribution in [0.4, 0.5) is 8.78 Å². The molecule has 4 rings (SSSR count). The fraction of sp³-hybridized carbons (Fsp3) is 0.318. The molecule has 1 aromatic heterocycles. The van der Waals surface area contributed by atoms with Gasteiger partial charge < -0.3 is 10.5 Å². The highest BCUT2D eigenvalue weighted by molar-refractivity contribution is 7.89. The van der Waals surface area contributed by atoms with E-state index in [1.165, 1.54) is 12.1 Å². The van der Waals surface area contributed by atoms with Crippen LogP contribution in [0.2, 0.25) is 0 Å². The average molecular weight is 448 g/mol. The van der Waals surface area contributed by atoms with Gasteiger partial charge in [0.15, 0.2) is 0 Å². The number of hydrogen-bond acceptors (Lipinski definition) is 5. The first-order valence-electron chi connectivity index (χ1n) is 9.98. The van der Waals surface area contributed by atoms with Crippen molar-refractivity contribution in [3.8, 4) is 17.0 Å². The van der Waals surface area contributed by atoms with Gasteiger partial charge in [-0.25, -0.2) is 22.2 Å². The van der Waals surface area contributed by atoms with Crippen LogP contribution in [-0.2, 0) is 10.0 Å². The van der Waals surface area contributed by atoms with Crippen LogP contribution in [-0.4, -0.2) is 50.1 Å². The number of rotatable bonds is 6. The van der Waals surface area contributed by atoms with Gasteiger partial charge in [-0.3, -0.25) is 0 Å². The molecule has 164 valence electrons. The van der Waals surface area contributed by atoms with Gasteiger partial charge in [-0.2, -0.15) is 4.31 Å². The number of ether oxygens (including phenoxy) is 1. The van der Waals surface area contributed by atoms with Crippen LogP contribution in [0.3, 0.4) is 0 Å². The van der Waals surface area contributed by atoms with Crippen LogP contribution < -0.4 is 10.5 Å². The second kappa shape index (κ2) is 8.49. The molecule has 1 aliphatic heterocycles. The van der Waals surface area contributed by atoms with Gasteiger partial charge >= 0.3 is 0 Å². The zero-order valence-electron chi connectivity index (χ0n) is 17.0. The first-order chi connectivity index (χ1) is 14.8. The second-order valence-corrected chi connectivity index (χ2v) is 9.47. The summed E-state index contributed by atoms with van der Waals surface area (Å²) >= 11 is 0. The SMILES string of the molecule is Cc1cc(-c2ccc(S(=O)(=O)N3CC[C@H](F)C3)cc2F)nc2cc(OCCN)ccc12. The van der Waals surface area contributed by atoms with Crippen molar-refractivity contribution in [2.45, 2.75) is 24.4 Å². The molecule has 0 aliphatic carbocycles. The molecule has 0 amide bonds. The number of benzene rings is 2. The van der Waals surface area contributed by atoms with Gasteiger partial charge in [0.2, 0.25) is 10.0 Å². The average Bonchev–Trinajstić information content (AvgIpc) is 3.19. The van der Waals surface area contributed by atoms with E-state index >= 15 is 0 Å². The molecule has 1 saturated heterocycles. The van der Waals surface area contributed by atoms with Gasteiger partial charge in [-0.15, -0.1) is 0 Å². The zero-order chi connectivity index (χ0) is 22.2. The largest absolute Gasteiger partial charge is 0.492 e. The third-order valence-corrected chi connectivity index (χ3v) is 7.18. The molecule has 0 saturated carbocycles. The van der Waals surface area contributed by atoms with Crippen molar-refractivity contribution in [2.24, 2.45) is 5.73 Å². The number of sulfonamides is 1. The highest BCUT2D eigenvalue weighted by atomic mass is 32.2. The van der Waals surface area contributed by atoms with E-state index in [0.717, 1.165) is 21.3 Å². The third kappa shape index (κ3) is 4.26. The normalized spacial score (nSPS) is 17.4. The summed E-state index contributed by atoms with van der Waals surface area (Å²) < 4.78 is 60.4. The summed E-state index contributed by atoms with van der Waals surface area (Å²) in [5.41, 5.74) is 7.56. The molecule has 31 heavy (non-hydrogen) atoms. The predicted octanol–water partition coefficient (Wildman–Crippen LogP) is 3.42. The van der Waals surface area contributed by atoms with E-state index < -0.39 is 22.0 Å². The Bertz CT molecular complexity index is 1230. The Morgan fingerprint density at radius 3 is 2.71 bits per heavy atom.